The summed E-state index contributed by atoms with van der Waals surface area (Å²) >= 11 is 0. The van der Waals surface area contributed by atoms with Crippen LogP contribution in [0.1, 0.15) is 22.1 Å². The van der Waals surface area contributed by atoms with Gasteiger partial charge in [0.1, 0.15) is 17.6 Å². The number of hydrogen-bond donors (Lipinski definition) is 1. The van der Waals surface area contributed by atoms with Crippen molar-refractivity contribution in [3.05, 3.63) is 121 Å². The van der Waals surface area contributed by atoms with Gasteiger partial charge in [-0.1, -0.05) is 48.5 Å². The van der Waals surface area contributed by atoms with Crippen LogP contribution in [-0.4, -0.2) is 21.8 Å². The highest BCUT2D eigenvalue weighted by atomic mass is 19.1. The molecule has 32 heavy (non-hydrogen) atoms. The van der Waals surface area contributed by atoms with Crippen molar-refractivity contribution >= 4 is 23.2 Å². The molecule has 1 atom stereocenters. The molecule has 0 bridgehead atoms. The van der Waals surface area contributed by atoms with Gasteiger partial charge in [-0.05, 0) is 42.0 Å². The van der Waals surface area contributed by atoms with Gasteiger partial charge in [0.25, 0.3) is 11.8 Å². The van der Waals surface area contributed by atoms with E-state index in [1.165, 1.54) is 47.8 Å². The van der Waals surface area contributed by atoms with Crippen LogP contribution in [0.25, 0.3) is 0 Å². The van der Waals surface area contributed by atoms with E-state index >= 15 is 0 Å². The van der Waals surface area contributed by atoms with Gasteiger partial charge in [-0.25, -0.2) is 9.37 Å². The normalized spacial score (nSPS) is 11.4. The number of carbonyl (C=O) groups excluding carboxylic acids is 2. The maximum absolute atomic E-state index is 13.6. The summed E-state index contributed by atoms with van der Waals surface area (Å²) < 4.78 is 13.3. The Morgan fingerprint density at radius 1 is 0.844 bits per heavy atom. The van der Waals surface area contributed by atoms with E-state index in [9.17, 15) is 14.0 Å². The van der Waals surface area contributed by atoms with E-state index in [1.807, 2.05) is 12.1 Å². The van der Waals surface area contributed by atoms with Crippen LogP contribution in [0, 0.1) is 5.82 Å². The summed E-state index contributed by atoms with van der Waals surface area (Å²) in [7, 11) is 0. The molecule has 1 heterocycles. The van der Waals surface area contributed by atoms with Crippen molar-refractivity contribution in [3.8, 4) is 0 Å². The average molecular weight is 426 g/mol. The molecule has 0 aliphatic heterocycles. The minimum Gasteiger partial charge on any atom is -0.324 e. The molecule has 1 N–H and O–H groups in total. The van der Waals surface area contributed by atoms with Gasteiger partial charge < -0.3 is 5.32 Å². The standard InChI is InChI=1S/C25H19FN4O2/c26-19-11-13-20(14-12-19)29-24(31)23(18-7-3-1-4-8-18)30(21-9-5-2-6-10-21)25(32)22-17-27-15-16-28-22/h1-17,23H,(H,29,31). The highest BCUT2D eigenvalue weighted by Gasteiger charge is 2.34. The number of aromatic nitrogens is 2. The maximum atomic E-state index is 13.6. The fourth-order valence-electron chi connectivity index (χ4n) is 3.30. The third kappa shape index (κ3) is 4.67. The Balaban J connectivity index is 1.80. The van der Waals surface area contributed by atoms with Crippen LogP contribution in [0.15, 0.2) is 104 Å². The van der Waals surface area contributed by atoms with E-state index in [0.717, 1.165) is 0 Å². The fourth-order valence-corrected chi connectivity index (χ4v) is 3.30. The highest BCUT2D eigenvalue weighted by molar-refractivity contribution is 6.11. The third-order valence-electron chi connectivity index (χ3n) is 4.77. The Morgan fingerprint density at radius 3 is 2.12 bits per heavy atom. The van der Waals surface area contributed by atoms with E-state index < -0.39 is 23.7 Å². The average Bonchev–Trinajstić information content (AvgIpc) is 2.85. The van der Waals surface area contributed by atoms with E-state index in [-0.39, 0.29) is 5.69 Å². The molecule has 0 aliphatic carbocycles. The maximum Gasteiger partial charge on any atom is 0.279 e. The van der Waals surface area contributed by atoms with E-state index in [4.69, 9.17) is 0 Å². The smallest absolute Gasteiger partial charge is 0.279 e. The fraction of sp³-hybridized carbons (Fsp3) is 0.0400. The Kier molecular flexibility index (Phi) is 6.27. The van der Waals surface area contributed by atoms with Crippen molar-refractivity contribution in [3.63, 3.8) is 0 Å². The molecule has 158 valence electrons. The van der Waals surface area contributed by atoms with Crippen molar-refractivity contribution in [2.45, 2.75) is 6.04 Å². The van der Waals surface area contributed by atoms with Gasteiger partial charge in [-0.2, -0.15) is 0 Å². The first-order valence-electron chi connectivity index (χ1n) is 9.89. The first kappa shape index (κ1) is 20.9. The second-order valence-electron chi connectivity index (χ2n) is 6.91. The Morgan fingerprint density at radius 2 is 1.50 bits per heavy atom. The van der Waals surface area contributed by atoms with Crippen LogP contribution in [-0.2, 0) is 4.79 Å². The van der Waals surface area contributed by atoms with Crippen LogP contribution in [0.3, 0.4) is 0 Å². The summed E-state index contributed by atoms with van der Waals surface area (Å²) in [5.41, 5.74) is 1.64. The van der Waals surface area contributed by atoms with Gasteiger partial charge in [0, 0.05) is 23.8 Å². The number of carbonyl (C=O) groups is 2. The van der Waals surface area contributed by atoms with Crippen molar-refractivity contribution in [2.75, 3.05) is 10.2 Å². The summed E-state index contributed by atoms with van der Waals surface area (Å²) in [6, 6.07) is 22.3. The lowest BCUT2D eigenvalue weighted by Gasteiger charge is -2.31. The second kappa shape index (κ2) is 9.61. The lowest BCUT2D eigenvalue weighted by molar-refractivity contribution is -0.117. The predicted molar refractivity (Wildman–Crippen MR) is 119 cm³/mol. The first-order chi connectivity index (χ1) is 15.6. The Bertz CT molecular complexity index is 1190. The van der Waals surface area contributed by atoms with Gasteiger partial charge in [0.05, 0.1) is 6.20 Å². The first-order valence-corrected chi connectivity index (χ1v) is 9.89. The van der Waals surface area contributed by atoms with Crippen LogP contribution >= 0.6 is 0 Å². The SMILES string of the molecule is O=C(Nc1ccc(F)cc1)C(c1ccccc1)N(C(=O)c1cnccn1)c1ccccc1. The van der Waals surface area contributed by atoms with Gasteiger partial charge in [-0.15, -0.1) is 0 Å². The largest absolute Gasteiger partial charge is 0.324 e. The number of nitrogens with one attached hydrogen (secondary N) is 1. The molecule has 0 fully saturated rings. The Labute approximate surface area is 184 Å². The molecule has 0 saturated carbocycles. The number of rotatable bonds is 6. The van der Waals surface area contributed by atoms with Crippen LogP contribution in [0.2, 0.25) is 0 Å². The summed E-state index contributed by atoms with van der Waals surface area (Å²) in [5.74, 6) is -1.34. The van der Waals surface area contributed by atoms with Gasteiger partial charge in [0.2, 0.25) is 0 Å². The summed E-state index contributed by atoms with van der Waals surface area (Å²) in [5, 5.41) is 2.79. The minimum atomic E-state index is -1.02. The van der Waals surface area contributed by atoms with Gasteiger partial charge in [0.15, 0.2) is 0 Å². The molecule has 1 aromatic heterocycles. The molecule has 0 spiro atoms. The molecule has 4 rings (SSSR count). The van der Waals surface area contributed by atoms with Crippen molar-refractivity contribution in [1.82, 2.24) is 9.97 Å². The highest BCUT2D eigenvalue weighted by Crippen LogP contribution is 2.30. The van der Waals surface area contributed by atoms with Crippen molar-refractivity contribution in [1.29, 1.82) is 0 Å². The minimum absolute atomic E-state index is 0.104. The summed E-state index contributed by atoms with van der Waals surface area (Å²) in [4.78, 5) is 36.6. The van der Waals surface area contributed by atoms with Crippen LogP contribution in [0.4, 0.5) is 15.8 Å². The third-order valence-corrected chi connectivity index (χ3v) is 4.77. The number of anilines is 2. The van der Waals surface area contributed by atoms with Crippen LogP contribution in [0.5, 0.6) is 0 Å². The molecular weight excluding hydrogens is 407 g/mol. The zero-order valence-corrected chi connectivity index (χ0v) is 16.9. The zero-order chi connectivity index (χ0) is 22.3. The lowest BCUT2D eigenvalue weighted by Crippen LogP contribution is -2.42. The van der Waals surface area contributed by atoms with E-state index in [2.05, 4.69) is 15.3 Å². The lowest BCUT2D eigenvalue weighted by atomic mass is 10.0. The van der Waals surface area contributed by atoms with Crippen molar-refractivity contribution in [2.24, 2.45) is 0 Å². The number of amides is 2. The molecule has 0 aliphatic rings. The molecule has 7 heteroatoms. The number of para-hydroxylation sites is 1. The summed E-state index contributed by atoms with van der Waals surface area (Å²) in [6.07, 6.45) is 4.25. The molecule has 0 saturated heterocycles. The molecule has 2 amide bonds. The number of halogens is 1. The molecule has 1 unspecified atom stereocenters. The quantitative estimate of drug-likeness (QED) is 0.487. The van der Waals surface area contributed by atoms with Crippen molar-refractivity contribution < 1.29 is 14.0 Å². The number of nitrogens with zero attached hydrogens (tertiary/aromatic N) is 3. The molecule has 3 aromatic carbocycles. The van der Waals surface area contributed by atoms with Crippen LogP contribution < -0.4 is 10.2 Å². The van der Waals surface area contributed by atoms with Gasteiger partial charge >= 0.3 is 0 Å². The van der Waals surface area contributed by atoms with E-state index in [0.29, 0.717) is 16.9 Å². The monoisotopic (exact) mass is 426 g/mol. The topological polar surface area (TPSA) is 75.2 Å². The second-order valence-corrected chi connectivity index (χ2v) is 6.91. The predicted octanol–water partition coefficient (Wildman–Crippen LogP) is 4.64. The van der Waals surface area contributed by atoms with E-state index in [1.54, 1.807) is 48.5 Å². The summed E-state index contributed by atoms with van der Waals surface area (Å²) in [6.45, 7) is 0. The molecular formula is C25H19FN4O2. The Hall–Kier alpha value is -4.39. The molecule has 4 aromatic rings. The number of hydrogen-bond acceptors (Lipinski definition) is 4. The zero-order valence-electron chi connectivity index (χ0n) is 16.9. The van der Waals surface area contributed by atoms with Gasteiger partial charge in [-0.3, -0.25) is 19.5 Å². The molecule has 6 nitrogen and oxygen atoms in total. The molecule has 0 radical (unpaired) electrons. The number of benzene rings is 3.